The van der Waals surface area contributed by atoms with Crippen LogP contribution < -0.4 is 9.64 Å². The minimum absolute atomic E-state index is 0.0567. The van der Waals surface area contributed by atoms with Crippen LogP contribution in [0, 0.1) is 5.82 Å². The number of amides is 2. The van der Waals surface area contributed by atoms with E-state index in [1.165, 1.54) is 24.3 Å². The number of carbonyl (C=O) groups is 2. The van der Waals surface area contributed by atoms with Crippen LogP contribution in [0.1, 0.15) is 6.42 Å². The molecule has 0 N–H and O–H groups in total. The minimum Gasteiger partial charge on any atom is -0.480 e. The van der Waals surface area contributed by atoms with Crippen LogP contribution in [0.15, 0.2) is 48.5 Å². The Labute approximate surface area is 131 Å². The molecule has 4 nitrogen and oxygen atoms in total. The van der Waals surface area contributed by atoms with Gasteiger partial charge in [0.05, 0.1) is 12.1 Å². The van der Waals surface area contributed by atoms with Crippen molar-refractivity contribution in [1.82, 2.24) is 0 Å². The van der Waals surface area contributed by atoms with Crippen molar-refractivity contribution >= 4 is 29.1 Å². The van der Waals surface area contributed by atoms with Gasteiger partial charge in [-0.15, -0.1) is 0 Å². The molecule has 2 amide bonds. The van der Waals surface area contributed by atoms with Crippen LogP contribution >= 0.6 is 11.6 Å². The fraction of sp³-hybridized carbons (Fsp3) is 0.125. The molecule has 1 unspecified atom stereocenters. The second kappa shape index (κ2) is 5.77. The van der Waals surface area contributed by atoms with Crippen molar-refractivity contribution in [2.45, 2.75) is 12.5 Å². The lowest BCUT2D eigenvalue weighted by Gasteiger charge is -2.15. The van der Waals surface area contributed by atoms with Gasteiger partial charge in [0, 0.05) is 5.02 Å². The minimum atomic E-state index is -0.909. The summed E-state index contributed by atoms with van der Waals surface area (Å²) in [6.07, 6.45) is -0.965. The maximum Gasteiger partial charge on any atom is 0.275 e. The van der Waals surface area contributed by atoms with E-state index in [1.807, 2.05) is 0 Å². The lowest BCUT2D eigenvalue weighted by molar-refractivity contribution is -0.123. The highest BCUT2D eigenvalue weighted by Gasteiger charge is 2.41. The van der Waals surface area contributed by atoms with Gasteiger partial charge < -0.3 is 4.74 Å². The van der Waals surface area contributed by atoms with Crippen molar-refractivity contribution in [3.63, 3.8) is 0 Å². The van der Waals surface area contributed by atoms with Crippen LogP contribution in [0.25, 0.3) is 0 Å². The number of imide groups is 1. The predicted molar refractivity (Wildman–Crippen MR) is 79.4 cm³/mol. The first kappa shape index (κ1) is 14.5. The van der Waals surface area contributed by atoms with Crippen LogP contribution in [0.3, 0.4) is 0 Å². The SMILES string of the molecule is O=C1CC(Oc2ccc(F)cc2)C(=O)N1c1ccc(Cl)cc1. The van der Waals surface area contributed by atoms with Gasteiger partial charge in [-0.05, 0) is 48.5 Å². The molecule has 6 heteroatoms. The predicted octanol–water partition coefficient (Wildman–Crippen LogP) is 3.19. The molecule has 1 heterocycles. The monoisotopic (exact) mass is 319 g/mol. The highest BCUT2D eigenvalue weighted by molar-refractivity contribution is 6.30. The molecule has 1 fully saturated rings. The van der Waals surface area contributed by atoms with E-state index in [4.69, 9.17) is 16.3 Å². The first-order chi connectivity index (χ1) is 10.5. The first-order valence-electron chi connectivity index (χ1n) is 6.59. The Morgan fingerprint density at radius 1 is 1.05 bits per heavy atom. The van der Waals surface area contributed by atoms with E-state index in [9.17, 15) is 14.0 Å². The number of benzene rings is 2. The van der Waals surface area contributed by atoms with E-state index >= 15 is 0 Å². The van der Waals surface area contributed by atoms with Crippen molar-refractivity contribution in [2.24, 2.45) is 0 Å². The molecule has 2 aromatic rings. The van der Waals surface area contributed by atoms with Crippen LogP contribution in [0.2, 0.25) is 5.02 Å². The molecule has 3 rings (SSSR count). The van der Waals surface area contributed by atoms with Crippen molar-refractivity contribution < 1.29 is 18.7 Å². The fourth-order valence-corrected chi connectivity index (χ4v) is 2.36. The molecule has 0 radical (unpaired) electrons. The number of hydrogen-bond donors (Lipinski definition) is 0. The lowest BCUT2D eigenvalue weighted by atomic mass is 10.3. The Morgan fingerprint density at radius 2 is 1.68 bits per heavy atom. The molecule has 22 heavy (non-hydrogen) atoms. The van der Waals surface area contributed by atoms with Gasteiger partial charge >= 0.3 is 0 Å². The Morgan fingerprint density at radius 3 is 2.32 bits per heavy atom. The maximum atomic E-state index is 12.9. The second-order valence-electron chi connectivity index (χ2n) is 4.81. The van der Waals surface area contributed by atoms with Gasteiger partial charge in [0.1, 0.15) is 11.6 Å². The van der Waals surface area contributed by atoms with E-state index in [0.717, 1.165) is 4.90 Å². The summed E-state index contributed by atoms with van der Waals surface area (Å²) < 4.78 is 18.3. The van der Waals surface area contributed by atoms with E-state index < -0.39 is 17.8 Å². The Bertz CT molecular complexity index is 715. The summed E-state index contributed by atoms with van der Waals surface area (Å²) in [5, 5.41) is 0.516. The van der Waals surface area contributed by atoms with Crippen LogP contribution in [0.5, 0.6) is 5.75 Å². The van der Waals surface area contributed by atoms with Gasteiger partial charge in [-0.25, -0.2) is 9.29 Å². The number of rotatable bonds is 3. The second-order valence-corrected chi connectivity index (χ2v) is 5.24. The van der Waals surface area contributed by atoms with Gasteiger partial charge in [-0.1, -0.05) is 11.6 Å². The zero-order valence-electron chi connectivity index (χ0n) is 11.3. The molecular formula is C16H11ClFNO3. The molecule has 2 aromatic carbocycles. The van der Waals surface area contributed by atoms with Crippen molar-refractivity contribution in [2.75, 3.05) is 4.90 Å². The third kappa shape index (κ3) is 2.80. The van der Waals surface area contributed by atoms with E-state index in [0.29, 0.717) is 16.5 Å². The fourth-order valence-electron chi connectivity index (χ4n) is 2.23. The summed E-state index contributed by atoms with van der Waals surface area (Å²) in [4.78, 5) is 25.5. The number of ether oxygens (including phenoxy) is 1. The third-order valence-electron chi connectivity index (χ3n) is 3.28. The Kier molecular flexibility index (Phi) is 3.81. The summed E-state index contributed by atoms with van der Waals surface area (Å²) in [6, 6.07) is 11.7. The summed E-state index contributed by atoms with van der Waals surface area (Å²) >= 11 is 5.80. The summed E-state index contributed by atoms with van der Waals surface area (Å²) in [7, 11) is 0. The number of anilines is 1. The first-order valence-corrected chi connectivity index (χ1v) is 6.97. The molecule has 0 aliphatic carbocycles. The van der Waals surface area contributed by atoms with Gasteiger partial charge in [-0.2, -0.15) is 0 Å². The molecular weight excluding hydrogens is 309 g/mol. The molecule has 0 saturated carbocycles. The molecule has 1 aliphatic heterocycles. The molecule has 1 atom stereocenters. The number of hydrogen-bond acceptors (Lipinski definition) is 3. The van der Waals surface area contributed by atoms with E-state index in [-0.39, 0.29) is 12.3 Å². The molecule has 0 bridgehead atoms. The standard InChI is InChI=1S/C16H11ClFNO3/c17-10-1-5-12(6-2-10)19-15(20)9-14(16(19)21)22-13-7-3-11(18)4-8-13/h1-8,14H,9H2. The van der Waals surface area contributed by atoms with E-state index in [2.05, 4.69) is 0 Å². The van der Waals surface area contributed by atoms with Gasteiger partial charge in [0.15, 0.2) is 6.10 Å². The van der Waals surface area contributed by atoms with E-state index in [1.54, 1.807) is 24.3 Å². The number of nitrogens with zero attached hydrogens (tertiary/aromatic N) is 1. The molecule has 112 valence electrons. The Hall–Kier alpha value is -2.40. The average Bonchev–Trinajstić information content (AvgIpc) is 2.77. The van der Waals surface area contributed by atoms with Crippen molar-refractivity contribution in [3.05, 3.63) is 59.4 Å². The molecule has 1 saturated heterocycles. The van der Waals surface area contributed by atoms with Gasteiger partial charge in [-0.3, -0.25) is 9.59 Å². The summed E-state index contributed by atoms with van der Waals surface area (Å²) in [6.45, 7) is 0. The maximum absolute atomic E-state index is 12.9. The largest absolute Gasteiger partial charge is 0.480 e. The highest BCUT2D eigenvalue weighted by atomic mass is 35.5. The molecule has 0 spiro atoms. The van der Waals surface area contributed by atoms with Crippen molar-refractivity contribution in [3.8, 4) is 5.75 Å². The molecule has 0 aromatic heterocycles. The summed E-state index contributed by atoms with van der Waals surface area (Å²) in [5.74, 6) is -0.856. The number of halogens is 2. The average molecular weight is 320 g/mol. The normalized spacial score (nSPS) is 17.9. The smallest absolute Gasteiger partial charge is 0.275 e. The zero-order chi connectivity index (χ0) is 15.7. The van der Waals surface area contributed by atoms with Crippen LogP contribution in [-0.4, -0.2) is 17.9 Å². The number of carbonyl (C=O) groups excluding carboxylic acids is 2. The quantitative estimate of drug-likeness (QED) is 0.816. The van der Waals surface area contributed by atoms with Gasteiger partial charge in [0.2, 0.25) is 5.91 Å². The lowest BCUT2D eigenvalue weighted by Crippen LogP contribution is -2.33. The molecule has 1 aliphatic rings. The zero-order valence-corrected chi connectivity index (χ0v) is 12.1. The third-order valence-corrected chi connectivity index (χ3v) is 3.53. The van der Waals surface area contributed by atoms with Crippen LogP contribution in [-0.2, 0) is 9.59 Å². The topological polar surface area (TPSA) is 46.6 Å². The van der Waals surface area contributed by atoms with Gasteiger partial charge in [0.25, 0.3) is 5.91 Å². The van der Waals surface area contributed by atoms with Crippen LogP contribution in [0.4, 0.5) is 10.1 Å². The Balaban J connectivity index is 1.79. The van der Waals surface area contributed by atoms with Crippen molar-refractivity contribution in [1.29, 1.82) is 0 Å². The summed E-state index contributed by atoms with van der Waals surface area (Å²) in [5.41, 5.74) is 0.449. The highest BCUT2D eigenvalue weighted by Crippen LogP contribution is 2.27.